The average molecular weight is 142 g/mol. The lowest BCUT2D eigenvalue weighted by atomic mass is 10.0. The minimum atomic E-state index is -0.166. The second-order valence-electron chi connectivity index (χ2n) is 3.38. The predicted octanol–water partition coefficient (Wildman–Crippen LogP) is 0.936. The van der Waals surface area contributed by atoms with Gasteiger partial charge in [0.15, 0.2) is 0 Å². The highest BCUT2D eigenvalue weighted by Crippen LogP contribution is 2.38. The summed E-state index contributed by atoms with van der Waals surface area (Å²) in [6.07, 6.45) is 4.53. The number of hydrogen-bond acceptors (Lipinski definition) is 2. The summed E-state index contributed by atoms with van der Waals surface area (Å²) < 4.78 is 5.46. The minimum absolute atomic E-state index is 0.166. The van der Waals surface area contributed by atoms with Gasteiger partial charge in [0.05, 0.1) is 12.2 Å². The van der Waals surface area contributed by atoms with Crippen LogP contribution in [0.2, 0.25) is 0 Å². The van der Waals surface area contributed by atoms with Gasteiger partial charge in [-0.25, -0.2) is 0 Å². The third-order valence-corrected chi connectivity index (χ3v) is 2.42. The minimum Gasteiger partial charge on any atom is -0.390 e. The molecule has 0 spiro atoms. The standard InChI is InChI=1S/C8H14O2/c9-7-2-1-5-10-8(7)6-3-4-6/h6-9H,1-5H2. The van der Waals surface area contributed by atoms with Gasteiger partial charge in [-0.1, -0.05) is 0 Å². The third-order valence-electron chi connectivity index (χ3n) is 2.42. The van der Waals surface area contributed by atoms with Crippen molar-refractivity contribution < 1.29 is 9.84 Å². The van der Waals surface area contributed by atoms with Gasteiger partial charge >= 0.3 is 0 Å². The molecule has 0 radical (unpaired) electrons. The van der Waals surface area contributed by atoms with Crippen molar-refractivity contribution in [1.82, 2.24) is 0 Å². The van der Waals surface area contributed by atoms with Gasteiger partial charge in [0.2, 0.25) is 0 Å². The van der Waals surface area contributed by atoms with E-state index in [1.165, 1.54) is 12.8 Å². The van der Waals surface area contributed by atoms with Crippen LogP contribution in [0.15, 0.2) is 0 Å². The lowest BCUT2D eigenvalue weighted by Crippen LogP contribution is -2.35. The molecule has 0 aromatic rings. The van der Waals surface area contributed by atoms with E-state index in [9.17, 15) is 5.11 Å². The molecule has 2 aliphatic rings. The van der Waals surface area contributed by atoms with Crippen LogP contribution in [-0.4, -0.2) is 23.9 Å². The Kier molecular flexibility index (Phi) is 1.66. The maximum Gasteiger partial charge on any atom is 0.0861 e. The van der Waals surface area contributed by atoms with E-state index >= 15 is 0 Å². The molecular formula is C8H14O2. The van der Waals surface area contributed by atoms with Crippen LogP contribution in [0.4, 0.5) is 0 Å². The molecule has 2 rings (SSSR count). The molecule has 0 aromatic heterocycles. The van der Waals surface area contributed by atoms with E-state index in [1.54, 1.807) is 0 Å². The average Bonchev–Trinajstić information content (AvgIpc) is 2.71. The first kappa shape index (κ1) is 6.62. The second kappa shape index (κ2) is 2.51. The van der Waals surface area contributed by atoms with Gasteiger partial charge in [0.25, 0.3) is 0 Å². The van der Waals surface area contributed by atoms with Gasteiger partial charge in [-0.3, -0.25) is 0 Å². The van der Waals surface area contributed by atoms with E-state index < -0.39 is 0 Å². The van der Waals surface area contributed by atoms with Gasteiger partial charge < -0.3 is 9.84 Å². The Morgan fingerprint density at radius 3 is 2.60 bits per heavy atom. The Bertz CT molecular complexity index is 120. The first-order chi connectivity index (χ1) is 4.88. The van der Waals surface area contributed by atoms with Crippen LogP contribution in [0.25, 0.3) is 0 Å². The molecule has 2 unspecified atom stereocenters. The molecule has 1 heterocycles. The summed E-state index contributed by atoms with van der Waals surface area (Å²) >= 11 is 0. The summed E-state index contributed by atoms with van der Waals surface area (Å²) in [7, 11) is 0. The molecule has 2 nitrogen and oxygen atoms in total. The van der Waals surface area contributed by atoms with E-state index in [1.807, 2.05) is 0 Å². The SMILES string of the molecule is OC1CCCOC1C1CC1. The maximum atomic E-state index is 9.45. The van der Waals surface area contributed by atoms with E-state index in [0.29, 0.717) is 5.92 Å². The molecule has 1 N–H and O–H groups in total. The summed E-state index contributed by atoms with van der Waals surface area (Å²) in [5.41, 5.74) is 0. The molecule has 1 saturated carbocycles. The predicted molar refractivity (Wildman–Crippen MR) is 37.7 cm³/mol. The van der Waals surface area contributed by atoms with Crippen molar-refractivity contribution in [1.29, 1.82) is 0 Å². The van der Waals surface area contributed by atoms with E-state index in [2.05, 4.69) is 0 Å². The Balaban J connectivity index is 1.90. The van der Waals surface area contributed by atoms with Gasteiger partial charge in [-0.2, -0.15) is 0 Å². The zero-order valence-corrected chi connectivity index (χ0v) is 6.12. The highest BCUT2D eigenvalue weighted by atomic mass is 16.5. The molecule has 2 fully saturated rings. The largest absolute Gasteiger partial charge is 0.390 e. The van der Waals surface area contributed by atoms with Crippen LogP contribution in [0.1, 0.15) is 25.7 Å². The molecular weight excluding hydrogens is 128 g/mol. The molecule has 2 heteroatoms. The van der Waals surface area contributed by atoms with Crippen LogP contribution in [0, 0.1) is 5.92 Å². The first-order valence-corrected chi connectivity index (χ1v) is 4.17. The molecule has 10 heavy (non-hydrogen) atoms. The lowest BCUT2D eigenvalue weighted by molar-refractivity contribution is -0.0837. The number of aliphatic hydroxyl groups excluding tert-OH is 1. The number of aliphatic hydroxyl groups is 1. The molecule has 1 aliphatic carbocycles. The Morgan fingerprint density at radius 1 is 1.20 bits per heavy atom. The summed E-state index contributed by atoms with van der Waals surface area (Å²) in [6.45, 7) is 0.859. The van der Waals surface area contributed by atoms with Crippen LogP contribution in [0.3, 0.4) is 0 Å². The fourth-order valence-electron chi connectivity index (χ4n) is 1.66. The Labute approximate surface area is 61.2 Å². The van der Waals surface area contributed by atoms with Crippen molar-refractivity contribution in [3.63, 3.8) is 0 Å². The van der Waals surface area contributed by atoms with Crippen molar-refractivity contribution >= 4 is 0 Å². The molecule has 0 amide bonds. The molecule has 1 saturated heterocycles. The molecule has 0 bridgehead atoms. The highest BCUT2D eigenvalue weighted by molar-refractivity contribution is 4.88. The van der Waals surface area contributed by atoms with Crippen molar-refractivity contribution in [3.05, 3.63) is 0 Å². The van der Waals surface area contributed by atoms with E-state index in [0.717, 1.165) is 19.4 Å². The van der Waals surface area contributed by atoms with Crippen molar-refractivity contribution in [3.8, 4) is 0 Å². The summed E-state index contributed by atoms with van der Waals surface area (Å²) in [4.78, 5) is 0. The fraction of sp³-hybridized carbons (Fsp3) is 1.00. The highest BCUT2D eigenvalue weighted by Gasteiger charge is 2.37. The number of rotatable bonds is 1. The van der Waals surface area contributed by atoms with Crippen LogP contribution in [-0.2, 0) is 4.74 Å². The summed E-state index contributed by atoms with van der Waals surface area (Å²) in [5.74, 6) is 0.690. The normalized spacial score (nSPS) is 41.7. The zero-order valence-electron chi connectivity index (χ0n) is 6.12. The van der Waals surface area contributed by atoms with E-state index in [4.69, 9.17) is 4.74 Å². The number of ether oxygens (including phenoxy) is 1. The molecule has 0 aromatic carbocycles. The van der Waals surface area contributed by atoms with Gasteiger partial charge in [-0.15, -0.1) is 0 Å². The quantitative estimate of drug-likeness (QED) is 0.590. The zero-order chi connectivity index (χ0) is 6.97. The molecule has 2 atom stereocenters. The third kappa shape index (κ3) is 1.18. The summed E-state index contributed by atoms with van der Waals surface area (Å²) in [6, 6.07) is 0. The van der Waals surface area contributed by atoms with Gasteiger partial charge in [-0.05, 0) is 31.6 Å². The topological polar surface area (TPSA) is 29.5 Å². The van der Waals surface area contributed by atoms with Crippen molar-refractivity contribution in [2.45, 2.75) is 37.9 Å². The van der Waals surface area contributed by atoms with Gasteiger partial charge in [0, 0.05) is 6.61 Å². The number of hydrogen-bond donors (Lipinski definition) is 1. The molecule has 58 valence electrons. The fourth-order valence-corrected chi connectivity index (χ4v) is 1.66. The Hall–Kier alpha value is -0.0800. The molecule has 1 aliphatic heterocycles. The van der Waals surface area contributed by atoms with Gasteiger partial charge in [0.1, 0.15) is 0 Å². The maximum absolute atomic E-state index is 9.45. The van der Waals surface area contributed by atoms with Crippen molar-refractivity contribution in [2.24, 2.45) is 5.92 Å². The van der Waals surface area contributed by atoms with Crippen LogP contribution < -0.4 is 0 Å². The van der Waals surface area contributed by atoms with Crippen molar-refractivity contribution in [2.75, 3.05) is 6.61 Å². The lowest BCUT2D eigenvalue weighted by Gasteiger charge is -2.27. The smallest absolute Gasteiger partial charge is 0.0861 e. The monoisotopic (exact) mass is 142 g/mol. The van der Waals surface area contributed by atoms with Crippen LogP contribution in [0.5, 0.6) is 0 Å². The van der Waals surface area contributed by atoms with E-state index in [-0.39, 0.29) is 12.2 Å². The van der Waals surface area contributed by atoms with Crippen LogP contribution >= 0.6 is 0 Å². The first-order valence-electron chi connectivity index (χ1n) is 4.17. The Morgan fingerprint density at radius 2 is 2.00 bits per heavy atom. The summed E-state index contributed by atoms with van der Waals surface area (Å²) in [5, 5.41) is 9.45. The second-order valence-corrected chi connectivity index (χ2v) is 3.38.